The van der Waals surface area contributed by atoms with Crippen LogP contribution in [0.25, 0.3) is 0 Å². The lowest BCUT2D eigenvalue weighted by Gasteiger charge is -2.15. The Morgan fingerprint density at radius 2 is 2.33 bits per heavy atom. The second-order valence-corrected chi connectivity index (χ2v) is 4.09. The van der Waals surface area contributed by atoms with Gasteiger partial charge in [-0.25, -0.2) is 4.39 Å². The highest BCUT2D eigenvalue weighted by molar-refractivity contribution is 5.61. The maximum Gasteiger partial charge on any atom is 0.292 e. The minimum absolute atomic E-state index is 0.106. The highest BCUT2D eigenvalue weighted by atomic mass is 19.1. The van der Waals surface area contributed by atoms with E-state index in [0.29, 0.717) is 6.54 Å². The van der Waals surface area contributed by atoms with Crippen molar-refractivity contribution in [2.75, 3.05) is 25.0 Å². The fraction of sp³-hybridized carbons (Fsp3) is 0.333. The lowest BCUT2D eigenvalue weighted by molar-refractivity contribution is -0.384. The molecule has 2 rings (SSSR count). The number of nitrogens with one attached hydrogen (secondary N) is 2. The molecular weight excluding hydrogens is 237 g/mol. The zero-order valence-electron chi connectivity index (χ0n) is 9.78. The highest BCUT2D eigenvalue weighted by Gasteiger charge is 2.14. The summed E-state index contributed by atoms with van der Waals surface area (Å²) in [7, 11) is 0. The maximum atomic E-state index is 13.1. The molecule has 0 atom stereocenters. The Kier molecular flexibility index (Phi) is 3.88. The van der Waals surface area contributed by atoms with Gasteiger partial charge in [-0.05, 0) is 19.0 Å². The lowest BCUT2D eigenvalue weighted by atomic mass is 10.1. The van der Waals surface area contributed by atoms with Gasteiger partial charge >= 0.3 is 0 Å². The molecule has 0 amide bonds. The predicted molar refractivity (Wildman–Crippen MR) is 67.1 cm³/mol. The molecule has 6 heteroatoms. The number of anilines is 1. The number of halogens is 1. The smallest absolute Gasteiger partial charge is 0.292 e. The molecule has 1 aliphatic rings. The Labute approximate surface area is 104 Å². The van der Waals surface area contributed by atoms with Crippen LogP contribution in [-0.4, -0.2) is 24.6 Å². The number of nitro groups is 1. The van der Waals surface area contributed by atoms with Gasteiger partial charge in [-0.15, -0.1) is 0 Å². The summed E-state index contributed by atoms with van der Waals surface area (Å²) in [6.45, 7) is 2.22. The molecule has 1 aromatic rings. The molecule has 1 aliphatic heterocycles. The van der Waals surface area contributed by atoms with Crippen molar-refractivity contribution in [2.24, 2.45) is 0 Å². The Balaban J connectivity index is 2.10. The van der Waals surface area contributed by atoms with Crippen molar-refractivity contribution in [1.82, 2.24) is 5.32 Å². The average Bonchev–Trinajstić information content (AvgIpc) is 2.37. The van der Waals surface area contributed by atoms with Crippen molar-refractivity contribution in [3.05, 3.63) is 45.8 Å². The summed E-state index contributed by atoms with van der Waals surface area (Å²) in [4.78, 5) is 10.3. The van der Waals surface area contributed by atoms with Crippen molar-refractivity contribution >= 4 is 11.4 Å². The van der Waals surface area contributed by atoms with E-state index in [-0.39, 0.29) is 11.4 Å². The predicted octanol–water partition coefficient (Wildman–Crippen LogP) is 2.07. The van der Waals surface area contributed by atoms with Gasteiger partial charge in [0.25, 0.3) is 5.69 Å². The SMILES string of the molecule is O=[N+]([O-])c1ccc(F)cc1NCC1=CCNCC1. The molecule has 5 nitrogen and oxygen atoms in total. The Morgan fingerprint density at radius 1 is 1.50 bits per heavy atom. The topological polar surface area (TPSA) is 67.2 Å². The van der Waals surface area contributed by atoms with E-state index in [4.69, 9.17) is 0 Å². The third-order valence-corrected chi connectivity index (χ3v) is 2.82. The Bertz CT molecular complexity index is 488. The first kappa shape index (κ1) is 12.5. The summed E-state index contributed by atoms with van der Waals surface area (Å²) in [5.41, 5.74) is 1.29. The zero-order chi connectivity index (χ0) is 13.0. The number of nitrogens with zero attached hydrogens (tertiary/aromatic N) is 1. The van der Waals surface area contributed by atoms with Crippen LogP contribution in [-0.2, 0) is 0 Å². The van der Waals surface area contributed by atoms with E-state index < -0.39 is 10.7 Å². The molecule has 96 valence electrons. The quantitative estimate of drug-likeness (QED) is 0.488. The van der Waals surface area contributed by atoms with E-state index in [0.717, 1.165) is 31.6 Å². The third-order valence-electron chi connectivity index (χ3n) is 2.82. The molecule has 18 heavy (non-hydrogen) atoms. The normalized spacial score (nSPS) is 15.1. The van der Waals surface area contributed by atoms with Gasteiger partial charge in [0.05, 0.1) is 4.92 Å². The average molecular weight is 251 g/mol. The van der Waals surface area contributed by atoms with Gasteiger partial charge < -0.3 is 10.6 Å². The van der Waals surface area contributed by atoms with Gasteiger partial charge in [-0.2, -0.15) is 0 Å². The van der Waals surface area contributed by atoms with Crippen molar-refractivity contribution in [2.45, 2.75) is 6.42 Å². The fourth-order valence-electron chi connectivity index (χ4n) is 1.85. The minimum atomic E-state index is -0.515. The van der Waals surface area contributed by atoms with E-state index in [9.17, 15) is 14.5 Å². The number of rotatable bonds is 4. The van der Waals surface area contributed by atoms with E-state index in [1.807, 2.05) is 6.08 Å². The number of hydrogen-bond acceptors (Lipinski definition) is 4. The first-order chi connectivity index (χ1) is 8.66. The molecule has 0 aromatic heterocycles. The standard InChI is InChI=1S/C12H14FN3O2/c13-10-1-2-12(16(17)18)11(7-10)15-8-9-3-5-14-6-4-9/h1-3,7,14-15H,4-6,8H2. The lowest BCUT2D eigenvalue weighted by Crippen LogP contribution is -2.23. The van der Waals surface area contributed by atoms with Crippen LogP contribution in [0.2, 0.25) is 0 Å². The zero-order valence-corrected chi connectivity index (χ0v) is 9.78. The first-order valence-corrected chi connectivity index (χ1v) is 5.73. The first-order valence-electron chi connectivity index (χ1n) is 5.73. The molecule has 1 heterocycles. The van der Waals surface area contributed by atoms with Gasteiger partial charge in [0.2, 0.25) is 0 Å². The van der Waals surface area contributed by atoms with Crippen LogP contribution in [0, 0.1) is 15.9 Å². The van der Waals surface area contributed by atoms with Crippen molar-refractivity contribution in [3.8, 4) is 0 Å². The van der Waals surface area contributed by atoms with Gasteiger partial charge in [0.1, 0.15) is 11.5 Å². The van der Waals surface area contributed by atoms with Gasteiger partial charge in [0.15, 0.2) is 0 Å². The van der Waals surface area contributed by atoms with E-state index in [1.54, 1.807) is 0 Å². The molecule has 0 radical (unpaired) electrons. The number of hydrogen-bond donors (Lipinski definition) is 2. The van der Waals surface area contributed by atoms with Crippen LogP contribution in [0.1, 0.15) is 6.42 Å². The summed E-state index contributed by atoms with van der Waals surface area (Å²) in [6, 6.07) is 3.42. The van der Waals surface area contributed by atoms with Gasteiger partial charge in [-0.1, -0.05) is 11.6 Å². The monoisotopic (exact) mass is 251 g/mol. The summed E-state index contributed by atoms with van der Waals surface area (Å²) in [6.07, 6.45) is 2.94. The fourth-order valence-corrected chi connectivity index (χ4v) is 1.85. The number of nitro benzene ring substituents is 1. The third kappa shape index (κ3) is 3.04. The maximum absolute atomic E-state index is 13.1. The largest absolute Gasteiger partial charge is 0.376 e. The highest BCUT2D eigenvalue weighted by Crippen LogP contribution is 2.25. The second-order valence-electron chi connectivity index (χ2n) is 4.09. The Morgan fingerprint density at radius 3 is 3.00 bits per heavy atom. The Hall–Kier alpha value is -1.95. The molecule has 0 aliphatic carbocycles. The molecule has 0 bridgehead atoms. The van der Waals surface area contributed by atoms with Crippen molar-refractivity contribution < 1.29 is 9.31 Å². The van der Waals surface area contributed by atoms with Crippen LogP contribution >= 0.6 is 0 Å². The van der Waals surface area contributed by atoms with Crippen LogP contribution in [0.15, 0.2) is 29.8 Å². The molecule has 0 fully saturated rings. The number of benzene rings is 1. The van der Waals surface area contributed by atoms with E-state index in [2.05, 4.69) is 10.6 Å². The molecule has 1 aromatic carbocycles. The van der Waals surface area contributed by atoms with Crippen molar-refractivity contribution in [3.63, 3.8) is 0 Å². The van der Waals surface area contributed by atoms with Crippen LogP contribution < -0.4 is 10.6 Å². The van der Waals surface area contributed by atoms with Crippen molar-refractivity contribution in [1.29, 1.82) is 0 Å². The summed E-state index contributed by atoms with van der Waals surface area (Å²) in [5, 5.41) is 16.9. The molecule has 0 unspecified atom stereocenters. The summed E-state index contributed by atoms with van der Waals surface area (Å²) in [5.74, 6) is -0.484. The second kappa shape index (κ2) is 5.59. The summed E-state index contributed by atoms with van der Waals surface area (Å²) >= 11 is 0. The van der Waals surface area contributed by atoms with E-state index >= 15 is 0 Å². The molecule has 2 N–H and O–H groups in total. The molecule has 0 spiro atoms. The van der Waals surface area contributed by atoms with Gasteiger partial charge in [-0.3, -0.25) is 10.1 Å². The molecule has 0 saturated carbocycles. The van der Waals surface area contributed by atoms with Crippen LogP contribution in [0.4, 0.5) is 15.8 Å². The van der Waals surface area contributed by atoms with E-state index in [1.165, 1.54) is 11.6 Å². The molecular formula is C12H14FN3O2. The molecule has 0 saturated heterocycles. The van der Waals surface area contributed by atoms with Crippen LogP contribution in [0.3, 0.4) is 0 Å². The van der Waals surface area contributed by atoms with Gasteiger partial charge in [0, 0.05) is 25.2 Å². The van der Waals surface area contributed by atoms with Crippen LogP contribution in [0.5, 0.6) is 0 Å². The summed E-state index contributed by atoms with van der Waals surface area (Å²) < 4.78 is 13.1. The minimum Gasteiger partial charge on any atom is -0.376 e.